The van der Waals surface area contributed by atoms with Gasteiger partial charge in [-0.15, -0.1) is 11.3 Å². The Morgan fingerprint density at radius 3 is 2.71 bits per heavy atom. The summed E-state index contributed by atoms with van der Waals surface area (Å²) in [6.45, 7) is 1.99. The molecule has 1 aromatic carbocycles. The van der Waals surface area contributed by atoms with Gasteiger partial charge in [0.25, 0.3) is 5.69 Å². The molecule has 2 aromatic rings. The molecule has 0 saturated heterocycles. The Labute approximate surface area is 103 Å². The van der Waals surface area contributed by atoms with E-state index in [1.807, 2.05) is 24.4 Å². The lowest BCUT2D eigenvalue weighted by atomic mass is 10.2. The maximum Gasteiger partial charge on any atom is 0.292 e. The summed E-state index contributed by atoms with van der Waals surface area (Å²) in [6, 6.07) is 10.7. The van der Waals surface area contributed by atoms with E-state index >= 15 is 0 Å². The highest BCUT2D eigenvalue weighted by atomic mass is 32.1. The molecule has 0 bridgehead atoms. The summed E-state index contributed by atoms with van der Waals surface area (Å²) in [5, 5.41) is 16.0. The Kier molecular flexibility index (Phi) is 3.39. The Morgan fingerprint density at radius 1 is 1.29 bits per heavy atom. The molecule has 1 aromatic heterocycles. The smallest absolute Gasteiger partial charge is 0.292 e. The number of nitrogens with one attached hydrogen (secondary N) is 1. The number of nitro benzene ring substituents is 1. The van der Waals surface area contributed by atoms with E-state index in [2.05, 4.69) is 5.32 Å². The maximum atomic E-state index is 10.9. The van der Waals surface area contributed by atoms with Crippen molar-refractivity contribution in [1.82, 2.24) is 0 Å². The Balaban J connectivity index is 2.21. The molecule has 0 spiro atoms. The van der Waals surface area contributed by atoms with Crippen molar-refractivity contribution in [1.29, 1.82) is 0 Å². The van der Waals surface area contributed by atoms with Gasteiger partial charge in [-0.3, -0.25) is 10.1 Å². The largest absolute Gasteiger partial charge is 0.372 e. The van der Waals surface area contributed by atoms with E-state index in [9.17, 15) is 10.1 Å². The van der Waals surface area contributed by atoms with Crippen LogP contribution in [0.1, 0.15) is 17.8 Å². The van der Waals surface area contributed by atoms with Crippen molar-refractivity contribution < 1.29 is 4.92 Å². The normalized spacial score (nSPS) is 12.1. The molecule has 2 rings (SSSR count). The number of nitro groups is 1. The van der Waals surface area contributed by atoms with Crippen molar-refractivity contribution in [3.63, 3.8) is 0 Å². The van der Waals surface area contributed by atoms with E-state index in [4.69, 9.17) is 0 Å². The fourth-order valence-electron chi connectivity index (χ4n) is 1.60. The van der Waals surface area contributed by atoms with Gasteiger partial charge in [-0.2, -0.15) is 0 Å². The highest BCUT2D eigenvalue weighted by Crippen LogP contribution is 2.28. The minimum absolute atomic E-state index is 0.0658. The van der Waals surface area contributed by atoms with Crippen LogP contribution in [-0.2, 0) is 0 Å². The first kappa shape index (κ1) is 11.6. The van der Waals surface area contributed by atoms with Crippen molar-refractivity contribution in [2.45, 2.75) is 13.0 Å². The van der Waals surface area contributed by atoms with Crippen LogP contribution in [0.15, 0.2) is 41.8 Å². The second-order valence-corrected chi connectivity index (χ2v) is 4.63. The van der Waals surface area contributed by atoms with E-state index in [0.717, 1.165) is 4.88 Å². The molecule has 0 saturated carbocycles. The van der Waals surface area contributed by atoms with Gasteiger partial charge in [-0.05, 0) is 24.4 Å². The standard InChI is InChI=1S/C12H12N2O2S/c1-9(12-7-4-8-17-12)13-10-5-2-3-6-11(10)14(15)16/h2-9,13H,1H3. The van der Waals surface area contributed by atoms with Gasteiger partial charge in [0.1, 0.15) is 5.69 Å². The highest BCUT2D eigenvalue weighted by Gasteiger charge is 2.15. The lowest BCUT2D eigenvalue weighted by molar-refractivity contribution is -0.384. The zero-order valence-electron chi connectivity index (χ0n) is 9.29. The molecule has 4 nitrogen and oxygen atoms in total. The number of nitrogens with zero attached hydrogens (tertiary/aromatic N) is 1. The van der Waals surface area contributed by atoms with Crippen molar-refractivity contribution >= 4 is 22.7 Å². The first-order valence-electron chi connectivity index (χ1n) is 5.22. The van der Waals surface area contributed by atoms with Crippen LogP contribution >= 0.6 is 11.3 Å². The topological polar surface area (TPSA) is 55.2 Å². The number of anilines is 1. The fraction of sp³-hybridized carbons (Fsp3) is 0.167. The predicted octanol–water partition coefficient (Wildman–Crippen LogP) is 3.83. The average Bonchev–Trinajstić information content (AvgIpc) is 2.83. The molecule has 1 heterocycles. The van der Waals surface area contributed by atoms with Crippen LogP contribution in [0.3, 0.4) is 0 Å². The fourth-order valence-corrected chi connectivity index (χ4v) is 2.33. The SMILES string of the molecule is CC(Nc1ccccc1[N+](=O)[O-])c1cccs1. The summed E-state index contributed by atoms with van der Waals surface area (Å²) in [4.78, 5) is 11.6. The molecular formula is C12H12N2O2S. The van der Waals surface area contributed by atoms with Gasteiger partial charge in [0, 0.05) is 10.9 Å². The summed E-state index contributed by atoms with van der Waals surface area (Å²) in [6.07, 6.45) is 0. The maximum absolute atomic E-state index is 10.9. The van der Waals surface area contributed by atoms with Crippen LogP contribution in [0, 0.1) is 10.1 Å². The number of para-hydroxylation sites is 2. The van der Waals surface area contributed by atoms with Crippen molar-refractivity contribution in [2.75, 3.05) is 5.32 Å². The summed E-state index contributed by atoms with van der Waals surface area (Å²) >= 11 is 1.63. The molecule has 1 atom stereocenters. The third kappa shape index (κ3) is 2.62. The van der Waals surface area contributed by atoms with Crippen LogP contribution in [0.2, 0.25) is 0 Å². The van der Waals surface area contributed by atoms with Crippen LogP contribution in [-0.4, -0.2) is 4.92 Å². The van der Waals surface area contributed by atoms with Gasteiger partial charge >= 0.3 is 0 Å². The molecule has 1 N–H and O–H groups in total. The molecule has 0 radical (unpaired) electrons. The summed E-state index contributed by atoms with van der Waals surface area (Å²) in [5.41, 5.74) is 0.661. The van der Waals surface area contributed by atoms with Crippen LogP contribution < -0.4 is 5.32 Å². The lowest BCUT2D eigenvalue weighted by Gasteiger charge is -2.13. The van der Waals surface area contributed by atoms with E-state index in [1.54, 1.807) is 29.5 Å². The van der Waals surface area contributed by atoms with E-state index < -0.39 is 0 Å². The van der Waals surface area contributed by atoms with E-state index in [1.165, 1.54) is 6.07 Å². The van der Waals surface area contributed by atoms with Gasteiger partial charge in [-0.25, -0.2) is 0 Å². The molecule has 17 heavy (non-hydrogen) atoms. The first-order chi connectivity index (χ1) is 8.18. The quantitative estimate of drug-likeness (QED) is 0.660. The van der Waals surface area contributed by atoms with Gasteiger partial charge in [0.15, 0.2) is 0 Å². The molecule has 1 unspecified atom stereocenters. The van der Waals surface area contributed by atoms with Gasteiger partial charge in [0.05, 0.1) is 11.0 Å². The first-order valence-corrected chi connectivity index (χ1v) is 6.10. The number of benzene rings is 1. The van der Waals surface area contributed by atoms with Crippen molar-refractivity contribution in [3.8, 4) is 0 Å². The summed E-state index contributed by atoms with van der Waals surface area (Å²) in [5.74, 6) is 0. The highest BCUT2D eigenvalue weighted by molar-refractivity contribution is 7.10. The lowest BCUT2D eigenvalue weighted by Crippen LogP contribution is -2.06. The molecule has 0 aliphatic heterocycles. The number of rotatable bonds is 4. The van der Waals surface area contributed by atoms with Crippen LogP contribution in [0.25, 0.3) is 0 Å². The molecule has 0 aliphatic rings. The predicted molar refractivity (Wildman–Crippen MR) is 69.5 cm³/mol. The third-order valence-electron chi connectivity index (χ3n) is 2.44. The second kappa shape index (κ2) is 4.97. The molecule has 0 amide bonds. The Hall–Kier alpha value is -1.88. The van der Waals surface area contributed by atoms with Gasteiger partial charge in [-0.1, -0.05) is 18.2 Å². The number of thiophene rings is 1. The Bertz CT molecular complexity index is 511. The van der Waals surface area contributed by atoms with Crippen molar-refractivity contribution in [2.24, 2.45) is 0 Å². The zero-order valence-corrected chi connectivity index (χ0v) is 10.1. The van der Waals surface area contributed by atoms with Crippen LogP contribution in [0.4, 0.5) is 11.4 Å². The van der Waals surface area contributed by atoms with E-state index in [-0.39, 0.29) is 16.7 Å². The molecule has 0 aliphatic carbocycles. The zero-order chi connectivity index (χ0) is 12.3. The molecule has 5 heteroatoms. The van der Waals surface area contributed by atoms with E-state index in [0.29, 0.717) is 5.69 Å². The van der Waals surface area contributed by atoms with Crippen LogP contribution in [0.5, 0.6) is 0 Å². The van der Waals surface area contributed by atoms with Gasteiger partial charge < -0.3 is 5.32 Å². The molecule has 0 fully saturated rings. The average molecular weight is 248 g/mol. The Morgan fingerprint density at radius 2 is 2.06 bits per heavy atom. The third-order valence-corrected chi connectivity index (χ3v) is 3.50. The molecule has 88 valence electrons. The second-order valence-electron chi connectivity index (χ2n) is 3.66. The minimum atomic E-state index is -0.372. The summed E-state index contributed by atoms with van der Waals surface area (Å²) < 4.78 is 0. The van der Waals surface area contributed by atoms with Gasteiger partial charge in [0.2, 0.25) is 0 Å². The summed E-state index contributed by atoms with van der Waals surface area (Å²) in [7, 11) is 0. The number of hydrogen-bond donors (Lipinski definition) is 1. The monoisotopic (exact) mass is 248 g/mol. The minimum Gasteiger partial charge on any atom is -0.372 e. The molecular weight excluding hydrogens is 236 g/mol. The number of hydrogen-bond acceptors (Lipinski definition) is 4. The van der Waals surface area contributed by atoms with Crippen molar-refractivity contribution in [3.05, 3.63) is 56.8 Å².